The predicted molar refractivity (Wildman–Crippen MR) is 101 cm³/mol. The lowest BCUT2D eigenvalue weighted by molar-refractivity contribution is -0.362. The lowest BCUT2D eigenvalue weighted by Crippen LogP contribution is -2.65. The Morgan fingerprint density at radius 1 is 0.500 bits per heavy atom. The van der Waals surface area contributed by atoms with Gasteiger partial charge in [0.2, 0.25) is 0 Å². The van der Waals surface area contributed by atoms with Gasteiger partial charge in [0.15, 0.2) is 18.9 Å². The van der Waals surface area contributed by atoms with Gasteiger partial charge in [0.1, 0.15) is 73.2 Å². The van der Waals surface area contributed by atoms with Gasteiger partial charge in [0.05, 0.1) is 19.8 Å². The highest BCUT2D eigenvalue weighted by molar-refractivity contribution is 4.94. The van der Waals surface area contributed by atoms with Gasteiger partial charge in [-0.3, -0.25) is 0 Å². The van der Waals surface area contributed by atoms with Gasteiger partial charge < -0.3 is 79.9 Å². The van der Waals surface area contributed by atoms with E-state index in [1.807, 2.05) is 0 Å². The smallest absolute Gasteiger partial charge is 0.187 e. The first-order chi connectivity index (χ1) is 16.0. The van der Waals surface area contributed by atoms with Crippen LogP contribution in [0.5, 0.6) is 0 Å². The Hall–Kier alpha value is -0.640. The fourth-order valence-electron chi connectivity index (χ4n) is 3.95. The molecule has 0 radical (unpaired) electrons. The molecule has 0 unspecified atom stereocenters. The maximum absolute atomic E-state index is 10.3. The van der Waals surface area contributed by atoms with Crippen LogP contribution in [-0.2, 0) is 23.7 Å². The summed E-state index contributed by atoms with van der Waals surface area (Å²) in [4.78, 5) is 0. The van der Waals surface area contributed by atoms with Gasteiger partial charge in [-0.25, -0.2) is 0 Å². The topological polar surface area (TPSA) is 269 Å². The quantitative estimate of drug-likeness (QED) is 0.154. The zero-order valence-electron chi connectivity index (χ0n) is 17.7. The summed E-state index contributed by atoms with van der Waals surface area (Å²) in [7, 11) is 0. The van der Waals surface area contributed by atoms with Crippen molar-refractivity contribution >= 4 is 0 Å². The van der Waals surface area contributed by atoms with E-state index in [0.717, 1.165) is 0 Å². The highest BCUT2D eigenvalue weighted by Crippen LogP contribution is 2.29. The molecule has 15 atom stereocenters. The fourth-order valence-corrected chi connectivity index (χ4v) is 3.95. The van der Waals surface area contributed by atoms with Gasteiger partial charge >= 0.3 is 0 Å². The van der Waals surface area contributed by atoms with Crippen molar-refractivity contribution in [1.29, 1.82) is 0 Å². The molecular formula is C18H32O16. The summed E-state index contributed by atoms with van der Waals surface area (Å²) in [5.74, 6) is 0. The second kappa shape index (κ2) is 11.6. The van der Waals surface area contributed by atoms with Crippen LogP contribution in [0.2, 0.25) is 0 Å². The van der Waals surface area contributed by atoms with Crippen LogP contribution in [0, 0.1) is 0 Å². The van der Waals surface area contributed by atoms with E-state index < -0.39 is 112 Å². The molecule has 0 amide bonds. The Morgan fingerprint density at radius 2 is 1.03 bits per heavy atom. The Morgan fingerprint density at radius 3 is 1.62 bits per heavy atom. The maximum Gasteiger partial charge on any atom is 0.187 e. The van der Waals surface area contributed by atoms with Crippen molar-refractivity contribution < 1.29 is 79.9 Å². The molecule has 16 nitrogen and oxygen atoms in total. The molecule has 3 heterocycles. The molecule has 0 aromatic rings. The molecule has 3 aliphatic heterocycles. The second-order valence-corrected chi connectivity index (χ2v) is 8.37. The van der Waals surface area contributed by atoms with Gasteiger partial charge in [-0.2, -0.15) is 0 Å². The van der Waals surface area contributed by atoms with Crippen molar-refractivity contribution in [2.45, 2.75) is 92.1 Å². The number of ether oxygens (including phenoxy) is 5. The van der Waals surface area contributed by atoms with E-state index in [1.54, 1.807) is 0 Å². The van der Waals surface area contributed by atoms with E-state index in [-0.39, 0.29) is 0 Å². The number of aliphatic hydroxyl groups excluding tert-OH is 11. The van der Waals surface area contributed by atoms with Crippen molar-refractivity contribution in [2.75, 3.05) is 19.8 Å². The van der Waals surface area contributed by atoms with Gasteiger partial charge in [0.25, 0.3) is 0 Å². The van der Waals surface area contributed by atoms with Crippen LogP contribution in [0.15, 0.2) is 0 Å². The molecule has 3 aliphatic rings. The molecule has 3 fully saturated rings. The average molecular weight is 504 g/mol. The number of hydrogen-bond donors (Lipinski definition) is 11. The Balaban J connectivity index is 1.66. The summed E-state index contributed by atoms with van der Waals surface area (Å²) >= 11 is 0. The maximum atomic E-state index is 10.3. The summed E-state index contributed by atoms with van der Waals surface area (Å²) < 4.78 is 26.3. The van der Waals surface area contributed by atoms with Gasteiger partial charge in [0, 0.05) is 0 Å². The molecule has 0 aromatic heterocycles. The minimum absolute atomic E-state index is 0.609. The van der Waals surface area contributed by atoms with Crippen LogP contribution in [0.3, 0.4) is 0 Å². The van der Waals surface area contributed by atoms with E-state index in [0.29, 0.717) is 0 Å². The molecule has 34 heavy (non-hydrogen) atoms. The molecule has 200 valence electrons. The minimum atomic E-state index is -1.87. The summed E-state index contributed by atoms with van der Waals surface area (Å²) in [5.41, 5.74) is 0. The highest BCUT2D eigenvalue weighted by Gasteiger charge is 2.51. The summed E-state index contributed by atoms with van der Waals surface area (Å²) in [5, 5.41) is 109. The van der Waals surface area contributed by atoms with Gasteiger partial charge in [-0.1, -0.05) is 0 Å². The van der Waals surface area contributed by atoms with Crippen LogP contribution < -0.4 is 0 Å². The monoisotopic (exact) mass is 504 g/mol. The van der Waals surface area contributed by atoms with Crippen LogP contribution in [0.25, 0.3) is 0 Å². The molecule has 11 N–H and O–H groups in total. The van der Waals surface area contributed by atoms with Crippen molar-refractivity contribution in [3.63, 3.8) is 0 Å². The summed E-state index contributed by atoms with van der Waals surface area (Å²) in [6.07, 6.45) is -24.9. The predicted octanol–water partition coefficient (Wildman–Crippen LogP) is -7.57. The first-order valence-electron chi connectivity index (χ1n) is 10.6. The molecule has 3 saturated heterocycles. The molecule has 0 aromatic carbocycles. The van der Waals surface area contributed by atoms with Gasteiger partial charge in [-0.15, -0.1) is 0 Å². The highest BCUT2D eigenvalue weighted by atomic mass is 16.7. The largest absolute Gasteiger partial charge is 0.394 e. The molecule has 0 bridgehead atoms. The lowest BCUT2D eigenvalue weighted by atomic mass is 9.97. The van der Waals surface area contributed by atoms with Crippen molar-refractivity contribution in [2.24, 2.45) is 0 Å². The average Bonchev–Trinajstić information content (AvgIpc) is 2.82. The SMILES string of the molecule is OC[C@H]1O[C@@H](OC[C@H]2O[C@@H](O[C@H]3[C@H](O)[C@@H](O)[C@H](O)O[C@@H]3CO)[C@H](O)[C@@H](O)[C@@H]2O)[C@H](O)[C@@H](O)[C@@H]1O. The second-order valence-electron chi connectivity index (χ2n) is 8.37. The van der Waals surface area contributed by atoms with Crippen LogP contribution in [-0.4, -0.2) is 168 Å². The van der Waals surface area contributed by atoms with E-state index in [2.05, 4.69) is 0 Å². The molecule has 0 saturated carbocycles. The normalized spacial score (nSPS) is 52.5. The van der Waals surface area contributed by atoms with Gasteiger partial charge in [-0.05, 0) is 0 Å². The van der Waals surface area contributed by atoms with Crippen LogP contribution >= 0.6 is 0 Å². The zero-order valence-corrected chi connectivity index (χ0v) is 17.7. The van der Waals surface area contributed by atoms with Crippen molar-refractivity contribution in [3.05, 3.63) is 0 Å². The third-order valence-electron chi connectivity index (χ3n) is 6.07. The number of aliphatic hydroxyl groups is 11. The summed E-state index contributed by atoms with van der Waals surface area (Å²) in [6.45, 7) is -2.07. The Kier molecular flexibility index (Phi) is 9.54. The van der Waals surface area contributed by atoms with E-state index in [9.17, 15) is 56.2 Å². The number of hydrogen-bond acceptors (Lipinski definition) is 16. The number of rotatable bonds is 7. The standard InChI is InChI=1S/C18H32O16/c19-1-4-7(21)9(23)13(27)17(32-4)30-3-6-8(22)10(24)14(28)18(33-6)34-15-5(2-20)31-16(29)12(26)11(15)25/h4-29H,1-3H2/t4-,5-,6-,7-,8-,9+,10+,11-,12-,13-,14-,15-,16-,17-,18+/m1/s1. The van der Waals surface area contributed by atoms with E-state index in [4.69, 9.17) is 23.7 Å². The Bertz CT molecular complexity index is 637. The third-order valence-corrected chi connectivity index (χ3v) is 6.07. The molecule has 3 rings (SSSR count). The van der Waals surface area contributed by atoms with Crippen LogP contribution in [0.1, 0.15) is 0 Å². The first kappa shape index (κ1) is 27.9. The molecule has 16 heteroatoms. The first-order valence-corrected chi connectivity index (χ1v) is 10.6. The lowest BCUT2D eigenvalue weighted by Gasteiger charge is -2.45. The van der Waals surface area contributed by atoms with Crippen molar-refractivity contribution in [1.82, 2.24) is 0 Å². The molecular weight excluding hydrogens is 472 g/mol. The van der Waals surface area contributed by atoms with E-state index in [1.165, 1.54) is 0 Å². The van der Waals surface area contributed by atoms with E-state index >= 15 is 0 Å². The summed E-state index contributed by atoms with van der Waals surface area (Å²) in [6, 6.07) is 0. The minimum Gasteiger partial charge on any atom is -0.394 e. The van der Waals surface area contributed by atoms with Crippen LogP contribution in [0.4, 0.5) is 0 Å². The molecule has 0 spiro atoms. The third kappa shape index (κ3) is 5.52. The fraction of sp³-hybridized carbons (Fsp3) is 1.00. The van der Waals surface area contributed by atoms with Crippen molar-refractivity contribution in [3.8, 4) is 0 Å². The molecule has 0 aliphatic carbocycles. The zero-order chi connectivity index (χ0) is 25.3. The Labute approximate surface area is 192 Å².